The van der Waals surface area contributed by atoms with Crippen LogP contribution in [0.5, 0.6) is 0 Å². The Morgan fingerprint density at radius 3 is 2.24 bits per heavy atom. The summed E-state index contributed by atoms with van der Waals surface area (Å²) in [6.45, 7) is 0. The molecule has 0 fully saturated rings. The summed E-state index contributed by atoms with van der Waals surface area (Å²) < 4.78 is 24.5. The molecule has 1 aromatic carbocycles. The number of benzene rings is 1. The highest BCUT2D eigenvalue weighted by atomic mass is 35.5. The van der Waals surface area contributed by atoms with Crippen molar-refractivity contribution in [3.8, 4) is 0 Å². The highest BCUT2D eigenvalue weighted by Crippen LogP contribution is 2.18. The van der Waals surface area contributed by atoms with Crippen LogP contribution in [0.15, 0.2) is 24.3 Å². The Bertz CT molecular complexity index is 499. The van der Waals surface area contributed by atoms with Gasteiger partial charge in [0, 0.05) is 18.5 Å². The van der Waals surface area contributed by atoms with Crippen LogP contribution in [-0.4, -0.2) is 32.3 Å². The van der Waals surface area contributed by atoms with Gasteiger partial charge in [-0.05, 0) is 35.9 Å². The van der Waals surface area contributed by atoms with Gasteiger partial charge in [-0.3, -0.25) is 9.10 Å². The maximum atomic E-state index is 11.7. The lowest BCUT2D eigenvalue weighted by Crippen LogP contribution is -2.29. The normalized spacial score (nSPS) is 11.2. The van der Waals surface area contributed by atoms with Gasteiger partial charge in [-0.1, -0.05) is 0 Å². The van der Waals surface area contributed by atoms with Crippen molar-refractivity contribution >= 4 is 44.2 Å². The zero-order chi connectivity index (χ0) is 13.1. The molecule has 7 heteroatoms. The first kappa shape index (κ1) is 14.3. The largest absolute Gasteiger partial charge is 0.276 e. The number of sulfonamides is 1. The molecule has 0 aromatic heterocycles. The van der Waals surface area contributed by atoms with Crippen LogP contribution in [-0.2, 0) is 10.0 Å². The Labute approximate surface area is 110 Å². The summed E-state index contributed by atoms with van der Waals surface area (Å²) in [6.07, 6.45) is 0. The Morgan fingerprint density at radius 2 is 1.82 bits per heavy atom. The maximum absolute atomic E-state index is 11.7. The molecule has 1 aromatic rings. The summed E-state index contributed by atoms with van der Waals surface area (Å²) >= 11 is 10.7. The maximum Gasteiger partial charge on any atom is 0.252 e. The number of carbonyl (C=O) groups excluding carboxylic acids is 1. The van der Waals surface area contributed by atoms with Crippen LogP contribution in [0.2, 0.25) is 0 Å². The van der Waals surface area contributed by atoms with Crippen LogP contribution in [0.1, 0.15) is 10.4 Å². The van der Waals surface area contributed by atoms with Gasteiger partial charge in [-0.2, -0.15) is 0 Å². The second kappa shape index (κ2) is 5.71. The van der Waals surface area contributed by atoms with E-state index in [4.69, 9.17) is 23.2 Å². The zero-order valence-corrected chi connectivity index (χ0v) is 11.4. The van der Waals surface area contributed by atoms with Gasteiger partial charge in [0.25, 0.3) is 5.24 Å². The van der Waals surface area contributed by atoms with Gasteiger partial charge in [0.05, 0.1) is 11.4 Å². The van der Waals surface area contributed by atoms with Crippen molar-refractivity contribution in [3.05, 3.63) is 29.8 Å². The molecule has 0 saturated carbocycles. The molecule has 0 radical (unpaired) electrons. The second-order valence-corrected chi connectivity index (χ2v) is 6.13. The fraction of sp³-hybridized carbons (Fsp3) is 0.300. The highest BCUT2D eigenvalue weighted by Gasteiger charge is 2.17. The van der Waals surface area contributed by atoms with E-state index in [9.17, 15) is 13.2 Å². The zero-order valence-electron chi connectivity index (χ0n) is 9.06. The molecule has 0 unspecified atom stereocenters. The van der Waals surface area contributed by atoms with Crippen LogP contribution in [0.3, 0.4) is 0 Å². The molecule has 0 amide bonds. The second-order valence-electron chi connectivity index (χ2n) is 3.29. The smallest absolute Gasteiger partial charge is 0.252 e. The van der Waals surface area contributed by atoms with Crippen LogP contribution in [0.25, 0.3) is 0 Å². The van der Waals surface area contributed by atoms with Crippen molar-refractivity contribution in [3.63, 3.8) is 0 Å². The van der Waals surface area contributed by atoms with E-state index >= 15 is 0 Å². The first-order chi connectivity index (χ1) is 7.88. The molecule has 0 aliphatic heterocycles. The van der Waals surface area contributed by atoms with Gasteiger partial charge in [0.2, 0.25) is 10.0 Å². The average molecular weight is 296 g/mol. The van der Waals surface area contributed by atoms with Gasteiger partial charge in [0.15, 0.2) is 0 Å². The third-order valence-corrected chi connectivity index (χ3v) is 4.61. The Kier molecular flexibility index (Phi) is 4.80. The Morgan fingerprint density at radius 1 is 1.29 bits per heavy atom. The number of hydrogen-bond donors (Lipinski definition) is 0. The quantitative estimate of drug-likeness (QED) is 0.617. The van der Waals surface area contributed by atoms with E-state index in [-0.39, 0.29) is 11.6 Å². The fourth-order valence-corrected chi connectivity index (χ4v) is 2.82. The minimum atomic E-state index is -3.41. The molecule has 0 atom stereocenters. The predicted molar refractivity (Wildman–Crippen MR) is 69.5 cm³/mol. The average Bonchev–Trinajstić information content (AvgIpc) is 2.28. The van der Waals surface area contributed by atoms with Gasteiger partial charge in [-0.25, -0.2) is 8.42 Å². The number of hydrogen-bond acceptors (Lipinski definition) is 3. The fourth-order valence-electron chi connectivity index (χ4n) is 1.20. The first-order valence-electron chi connectivity index (χ1n) is 4.71. The summed E-state index contributed by atoms with van der Waals surface area (Å²) in [6, 6.07) is 5.97. The van der Waals surface area contributed by atoms with Crippen molar-refractivity contribution in [1.29, 1.82) is 0 Å². The van der Waals surface area contributed by atoms with Crippen molar-refractivity contribution in [2.45, 2.75) is 0 Å². The lowest BCUT2D eigenvalue weighted by molar-refractivity contribution is 0.108. The van der Waals surface area contributed by atoms with Crippen LogP contribution in [0, 0.1) is 0 Å². The molecular formula is C10H11Cl2NO3S. The SMILES string of the molecule is CN(c1ccc(C(=O)Cl)cc1)S(=O)(=O)CCCl. The number of carbonyl (C=O) groups is 1. The van der Waals surface area contributed by atoms with Gasteiger partial charge in [-0.15, -0.1) is 11.6 Å². The predicted octanol–water partition coefficient (Wildman–Crippen LogP) is 2.07. The molecule has 0 saturated heterocycles. The summed E-state index contributed by atoms with van der Waals surface area (Å²) in [7, 11) is -1.98. The van der Waals surface area contributed by atoms with E-state index in [0.717, 1.165) is 4.31 Å². The number of alkyl halides is 1. The minimum Gasteiger partial charge on any atom is -0.276 e. The van der Waals surface area contributed by atoms with Crippen molar-refractivity contribution in [2.24, 2.45) is 0 Å². The van der Waals surface area contributed by atoms with E-state index in [1.54, 1.807) is 0 Å². The lowest BCUT2D eigenvalue weighted by atomic mass is 10.2. The molecule has 0 bridgehead atoms. The van der Waals surface area contributed by atoms with Crippen molar-refractivity contribution in [2.75, 3.05) is 23.0 Å². The van der Waals surface area contributed by atoms with E-state index < -0.39 is 15.3 Å². The van der Waals surface area contributed by atoms with Crippen molar-refractivity contribution < 1.29 is 13.2 Å². The molecule has 0 heterocycles. The minimum absolute atomic E-state index is 0.0327. The third-order valence-electron chi connectivity index (χ3n) is 2.21. The number of anilines is 1. The molecule has 94 valence electrons. The third kappa shape index (κ3) is 3.59. The molecule has 1 rings (SSSR count). The van der Waals surface area contributed by atoms with E-state index in [1.165, 1.54) is 31.3 Å². The monoisotopic (exact) mass is 295 g/mol. The lowest BCUT2D eigenvalue weighted by Gasteiger charge is -2.18. The number of halogens is 2. The molecule has 17 heavy (non-hydrogen) atoms. The number of nitrogens with zero attached hydrogens (tertiary/aromatic N) is 1. The Hall–Kier alpha value is -0.780. The molecule has 4 nitrogen and oxygen atoms in total. The van der Waals surface area contributed by atoms with Gasteiger partial charge < -0.3 is 0 Å². The van der Waals surface area contributed by atoms with Crippen LogP contribution < -0.4 is 4.31 Å². The summed E-state index contributed by atoms with van der Waals surface area (Å²) in [5.41, 5.74) is 0.773. The molecular weight excluding hydrogens is 285 g/mol. The van der Waals surface area contributed by atoms with Crippen molar-refractivity contribution in [1.82, 2.24) is 0 Å². The molecule has 0 N–H and O–H groups in total. The summed E-state index contributed by atoms with van der Waals surface area (Å²) in [4.78, 5) is 10.8. The van der Waals surface area contributed by atoms with E-state index in [2.05, 4.69) is 0 Å². The highest BCUT2D eigenvalue weighted by molar-refractivity contribution is 7.92. The summed E-state index contributed by atoms with van der Waals surface area (Å²) in [5, 5.41) is -0.581. The van der Waals surface area contributed by atoms with Gasteiger partial charge in [0.1, 0.15) is 0 Å². The first-order valence-corrected chi connectivity index (χ1v) is 7.23. The van der Waals surface area contributed by atoms with Gasteiger partial charge >= 0.3 is 0 Å². The van der Waals surface area contributed by atoms with E-state index in [1.807, 2.05) is 0 Å². The molecule has 0 spiro atoms. The molecule has 0 aliphatic carbocycles. The standard InChI is InChI=1S/C10H11Cl2NO3S/c1-13(17(15,16)7-6-11)9-4-2-8(3-5-9)10(12)14/h2-5H,6-7H2,1H3. The number of rotatable bonds is 5. The molecule has 0 aliphatic rings. The van der Waals surface area contributed by atoms with Crippen LogP contribution in [0.4, 0.5) is 5.69 Å². The summed E-state index contributed by atoms with van der Waals surface area (Å²) in [5.74, 6) is -0.105. The topological polar surface area (TPSA) is 54.5 Å². The van der Waals surface area contributed by atoms with E-state index in [0.29, 0.717) is 11.3 Å². The van der Waals surface area contributed by atoms with Crippen LogP contribution >= 0.6 is 23.2 Å². The Balaban J connectivity index is 2.98.